The highest BCUT2D eigenvalue weighted by atomic mass is 31.2. The van der Waals surface area contributed by atoms with Gasteiger partial charge in [-0.05, 0) is 31.8 Å². The van der Waals surface area contributed by atoms with E-state index >= 15 is 0 Å². The van der Waals surface area contributed by atoms with Gasteiger partial charge in [-0.25, -0.2) is 4.57 Å². The molecule has 0 aromatic carbocycles. The Hall–Kier alpha value is -1.25. The molecule has 0 aliphatic carbocycles. The standard InChI is InChI=1S/C75H149N2O7P/c1-7-10-13-16-19-22-25-27-29-31-33-35-36-37-38-39-40-42-44-46-48-50-53-56-59-62-65-68-75(79)84-73(66-63-60-57-54-51-24-21-18-15-12-9-3)72(71-83-85(80,81)82-70-69-77(4,5)6)76-74(78)67-64-61-58-55-52-49-47-45-43-41-34-32-30-28-26-23-20-17-14-11-8-2/h63,66,72-73H,7-62,64-65,67-71H2,1-6H3,(H-,76,78,80,81)/p+1/b66-63-. The molecule has 0 saturated carbocycles. The fraction of sp³-hybridized carbons (Fsp3) is 0.947. The largest absolute Gasteiger partial charge is 0.472 e. The minimum absolute atomic E-state index is 0.0461. The van der Waals surface area contributed by atoms with E-state index in [0.29, 0.717) is 23.9 Å². The van der Waals surface area contributed by atoms with E-state index in [9.17, 15) is 19.0 Å². The van der Waals surface area contributed by atoms with Gasteiger partial charge in [0, 0.05) is 12.8 Å². The first-order valence-electron chi connectivity index (χ1n) is 38.0. The van der Waals surface area contributed by atoms with Crippen LogP contribution in [-0.4, -0.2) is 74.3 Å². The summed E-state index contributed by atoms with van der Waals surface area (Å²) in [6, 6.07) is -0.841. The Balaban J connectivity index is 4.87. The number of unbranched alkanes of at least 4 members (excludes halogenated alkanes) is 55. The van der Waals surface area contributed by atoms with E-state index < -0.39 is 20.0 Å². The number of nitrogens with one attached hydrogen (secondary N) is 1. The van der Waals surface area contributed by atoms with Crippen molar-refractivity contribution in [1.82, 2.24) is 5.32 Å². The minimum Gasteiger partial charge on any atom is -0.456 e. The molecule has 0 heterocycles. The lowest BCUT2D eigenvalue weighted by Crippen LogP contribution is -2.47. The van der Waals surface area contributed by atoms with Gasteiger partial charge in [-0.2, -0.15) is 0 Å². The number of phosphoric acid groups is 1. The van der Waals surface area contributed by atoms with Gasteiger partial charge in [0.25, 0.3) is 0 Å². The summed E-state index contributed by atoms with van der Waals surface area (Å²) in [6.07, 6.45) is 79.6. The zero-order chi connectivity index (χ0) is 62.1. The number of hydrogen-bond donors (Lipinski definition) is 2. The number of nitrogens with zero attached hydrogens (tertiary/aromatic N) is 1. The number of ether oxygens (including phenoxy) is 1. The molecule has 0 aromatic rings. The molecule has 3 unspecified atom stereocenters. The Morgan fingerprint density at radius 3 is 0.965 bits per heavy atom. The van der Waals surface area contributed by atoms with E-state index in [0.717, 1.165) is 57.8 Å². The first-order chi connectivity index (χ1) is 41.4. The van der Waals surface area contributed by atoms with Gasteiger partial charge in [0.15, 0.2) is 0 Å². The molecule has 1 amide bonds. The third kappa shape index (κ3) is 67.0. The van der Waals surface area contributed by atoms with Crippen LogP contribution in [0.4, 0.5) is 0 Å². The van der Waals surface area contributed by atoms with Crippen LogP contribution >= 0.6 is 7.82 Å². The SMILES string of the molecule is CCCCCCCCCCC/C=C\C(OC(=O)CCCCCCCCCCCCCCCCCCCCCCCCCCCCC)C(COP(=O)(O)OCC[N+](C)(C)C)NC(=O)CCCCCCCCCCCCCCCCCCCCCCC. The van der Waals surface area contributed by atoms with Crippen molar-refractivity contribution < 1.29 is 37.3 Å². The van der Waals surface area contributed by atoms with Gasteiger partial charge >= 0.3 is 13.8 Å². The van der Waals surface area contributed by atoms with Crippen molar-refractivity contribution in [2.24, 2.45) is 0 Å². The fourth-order valence-electron chi connectivity index (χ4n) is 11.9. The predicted molar refractivity (Wildman–Crippen MR) is 370 cm³/mol. The van der Waals surface area contributed by atoms with Crippen molar-refractivity contribution in [3.8, 4) is 0 Å². The Morgan fingerprint density at radius 1 is 0.400 bits per heavy atom. The quantitative estimate of drug-likeness (QED) is 0.0205. The van der Waals surface area contributed by atoms with E-state index in [1.54, 1.807) is 0 Å². The van der Waals surface area contributed by atoms with E-state index in [-0.39, 0.29) is 25.1 Å². The van der Waals surface area contributed by atoms with E-state index in [2.05, 4.69) is 32.2 Å². The third-order valence-corrected chi connectivity index (χ3v) is 18.7. The van der Waals surface area contributed by atoms with Crippen molar-refractivity contribution in [3.05, 3.63) is 12.2 Å². The molecule has 506 valence electrons. The second-order valence-corrected chi connectivity index (χ2v) is 29.0. The summed E-state index contributed by atoms with van der Waals surface area (Å²) in [5, 5.41) is 3.08. The molecule has 0 fully saturated rings. The maximum absolute atomic E-state index is 13.6. The summed E-state index contributed by atoms with van der Waals surface area (Å²) < 4.78 is 30.9. The highest BCUT2D eigenvalue weighted by Gasteiger charge is 2.30. The van der Waals surface area contributed by atoms with Crippen molar-refractivity contribution in [3.63, 3.8) is 0 Å². The summed E-state index contributed by atoms with van der Waals surface area (Å²) in [5.74, 6) is -0.476. The normalized spacial score (nSPS) is 13.4. The molecule has 10 heteroatoms. The maximum atomic E-state index is 13.6. The number of quaternary nitrogens is 1. The number of rotatable bonds is 71. The van der Waals surface area contributed by atoms with Crippen LogP contribution in [0.5, 0.6) is 0 Å². The Labute approximate surface area is 531 Å². The van der Waals surface area contributed by atoms with E-state index in [1.807, 2.05) is 27.2 Å². The number of allylic oxidation sites excluding steroid dienone is 1. The number of amides is 1. The number of carbonyl (C=O) groups excluding carboxylic acids is 2. The highest BCUT2D eigenvalue weighted by molar-refractivity contribution is 7.47. The van der Waals surface area contributed by atoms with E-state index in [4.69, 9.17) is 13.8 Å². The predicted octanol–water partition coefficient (Wildman–Crippen LogP) is 24.2. The van der Waals surface area contributed by atoms with E-state index in [1.165, 1.54) is 315 Å². The smallest absolute Gasteiger partial charge is 0.456 e. The van der Waals surface area contributed by atoms with Gasteiger partial charge in [0.1, 0.15) is 19.3 Å². The molecule has 0 aliphatic heterocycles. The summed E-state index contributed by atoms with van der Waals surface area (Å²) in [4.78, 5) is 37.9. The van der Waals surface area contributed by atoms with Crippen molar-refractivity contribution in [2.75, 3.05) is 40.9 Å². The van der Waals surface area contributed by atoms with Crippen molar-refractivity contribution >= 4 is 19.7 Å². The second-order valence-electron chi connectivity index (χ2n) is 27.5. The fourth-order valence-corrected chi connectivity index (χ4v) is 12.6. The van der Waals surface area contributed by atoms with Crippen molar-refractivity contribution in [1.29, 1.82) is 0 Å². The molecule has 0 aliphatic rings. The molecule has 9 nitrogen and oxygen atoms in total. The summed E-state index contributed by atoms with van der Waals surface area (Å²) in [6.45, 7) is 7.10. The van der Waals surface area contributed by atoms with Crippen LogP contribution in [0.1, 0.15) is 406 Å². The number of hydrogen-bond acceptors (Lipinski definition) is 6. The van der Waals surface area contributed by atoms with Gasteiger partial charge in [-0.1, -0.05) is 374 Å². The third-order valence-electron chi connectivity index (χ3n) is 17.7. The van der Waals surface area contributed by atoms with Crippen LogP contribution < -0.4 is 5.32 Å². The minimum atomic E-state index is -4.45. The van der Waals surface area contributed by atoms with Crippen LogP contribution in [-0.2, 0) is 27.9 Å². The maximum Gasteiger partial charge on any atom is 0.472 e. The van der Waals surface area contributed by atoms with Crippen LogP contribution in [0.25, 0.3) is 0 Å². The summed E-state index contributed by atoms with van der Waals surface area (Å²) in [7, 11) is 1.53. The number of carbonyl (C=O) groups is 2. The average molecular weight is 1220 g/mol. The zero-order valence-corrected chi connectivity index (χ0v) is 59.0. The lowest BCUT2D eigenvalue weighted by Gasteiger charge is -2.27. The zero-order valence-electron chi connectivity index (χ0n) is 58.1. The first kappa shape index (κ1) is 83.8. The van der Waals surface area contributed by atoms with Crippen LogP contribution in [0, 0.1) is 0 Å². The highest BCUT2D eigenvalue weighted by Crippen LogP contribution is 2.43. The molecule has 2 N–H and O–H groups in total. The molecule has 0 bridgehead atoms. The number of phosphoric ester groups is 1. The molecule has 0 spiro atoms. The average Bonchev–Trinajstić information content (AvgIpc) is 3.62. The second kappa shape index (κ2) is 65.7. The van der Waals surface area contributed by atoms with Gasteiger partial charge < -0.3 is 19.4 Å². The Bertz CT molecular complexity index is 1450. The van der Waals surface area contributed by atoms with Crippen LogP contribution in [0.3, 0.4) is 0 Å². The molecule has 3 atom stereocenters. The number of esters is 1. The first-order valence-corrected chi connectivity index (χ1v) is 39.5. The van der Waals surface area contributed by atoms with Crippen LogP contribution in [0.15, 0.2) is 12.2 Å². The monoisotopic (exact) mass is 1220 g/mol. The van der Waals surface area contributed by atoms with Crippen LogP contribution in [0.2, 0.25) is 0 Å². The lowest BCUT2D eigenvalue weighted by atomic mass is 10.0. The van der Waals surface area contributed by atoms with Gasteiger partial charge in [-0.15, -0.1) is 0 Å². The topological polar surface area (TPSA) is 111 Å². The molecule has 85 heavy (non-hydrogen) atoms. The summed E-state index contributed by atoms with van der Waals surface area (Å²) in [5.41, 5.74) is 0. The molecule has 0 radical (unpaired) electrons. The number of likely N-dealkylation sites (N-methyl/N-ethyl adjacent to an activating group) is 1. The molecule has 0 saturated heterocycles. The molecule has 0 rings (SSSR count). The molecular formula is C75H150N2O7P+. The van der Waals surface area contributed by atoms with Gasteiger partial charge in [-0.3, -0.25) is 18.6 Å². The molecule has 0 aromatic heterocycles. The van der Waals surface area contributed by atoms with Gasteiger partial charge in [0.2, 0.25) is 5.91 Å². The lowest BCUT2D eigenvalue weighted by molar-refractivity contribution is -0.870. The Kier molecular flexibility index (Phi) is 64.7. The van der Waals surface area contributed by atoms with Crippen molar-refractivity contribution in [2.45, 2.75) is 418 Å². The Morgan fingerprint density at radius 2 is 0.671 bits per heavy atom. The molecular weight excluding hydrogens is 1070 g/mol. The summed E-state index contributed by atoms with van der Waals surface area (Å²) >= 11 is 0. The van der Waals surface area contributed by atoms with Gasteiger partial charge in [0.05, 0.1) is 33.8 Å².